The van der Waals surface area contributed by atoms with E-state index in [9.17, 15) is 0 Å². The number of thiazole rings is 1. The molecular formula is C10H17NOS. The van der Waals surface area contributed by atoms with Gasteiger partial charge in [0.2, 0.25) is 0 Å². The highest BCUT2D eigenvalue weighted by atomic mass is 32.1. The molecule has 2 nitrogen and oxygen atoms in total. The van der Waals surface area contributed by atoms with Gasteiger partial charge in [0.15, 0.2) is 0 Å². The van der Waals surface area contributed by atoms with Gasteiger partial charge in [-0.2, -0.15) is 0 Å². The van der Waals surface area contributed by atoms with Crippen molar-refractivity contribution in [3.8, 4) is 0 Å². The Bertz CT molecular complexity index is 255. The topological polar surface area (TPSA) is 33.1 Å². The second-order valence-electron chi connectivity index (χ2n) is 3.72. The molecule has 0 aliphatic heterocycles. The predicted molar refractivity (Wildman–Crippen MR) is 56.2 cm³/mol. The summed E-state index contributed by atoms with van der Waals surface area (Å²) >= 11 is 1.72. The van der Waals surface area contributed by atoms with E-state index in [1.807, 2.05) is 6.92 Å². The maximum atomic E-state index is 9.11. The van der Waals surface area contributed by atoms with Gasteiger partial charge in [0.05, 0.1) is 16.8 Å². The molecule has 1 rings (SSSR count). The van der Waals surface area contributed by atoms with Gasteiger partial charge in [0.1, 0.15) is 0 Å². The summed E-state index contributed by atoms with van der Waals surface area (Å²) in [6.45, 7) is 6.12. The average Bonchev–Trinajstić information content (AvgIpc) is 2.48. The predicted octanol–water partition coefficient (Wildman–Crippen LogP) is 2.58. The second kappa shape index (κ2) is 4.72. The number of rotatable bonds is 4. The molecule has 0 saturated carbocycles. The minimum atomic E-state index is -0.218. The van der Waals surface area contributed by atoms with Crippen LogP contribution in [-0.4, -0.2) is 16.2 Å². The SMILES string of the molecule is CC(C)c1nc(CC[C@H](C)O)cs1. The van der Waals surface area contributed by atoms with Crippen molar-refractivity contribution >= 4 is 11.3 Å². The van der Waals surface area contributed by atoms with E-state index in [2.05, 4.69) is 24.2 Å². The largest absolute Gasteiger partial charge is 0.393 e. The molecule has 0 aromatic carbocycles. The zero-order valence-electron chi connectivity index (χ0n) is 8.45. The number of aliphatic hydroxyl groups is 1. The first-order valence-electron chi connectivity index (χ1n) is 4.72. The summed E-state index contributed by atoms with van der Waals surface area (Å²) in [6, 6.07) is 0. The van der Waals surface area contributed by atoms with Crippen molar-refractivity contribution in [1.82, 2.24) is 4.98 Å². The summed E-state index contributed by atoms with van der Waals surface area (Å²) in [5.74, 6) is 0.519. The molecule has 0 amide bonds. The molecule has 0 aliphatic carbocycles. The van der Waals surface area contributed by atoms with Gasteiger partial charge in [-0.3, -0.25) is 0 Å². The molecule has 0 aliphatic rings. The van der Waals surface area contributed by atoms with E-state index in [4.69, 9.17) is 5.11 Å². The summed E-state index contributed by atoms with van der Waals surface area (Å²) in [6.07, 6.45) is 1.48. The molecular weight excluding hydrogens is 182 g/mol. The molecule has 0 radical (unpaired) electrons. The molecule has 1 aromatic heterocycles. The van der Waals surface area contributed by atoms with Crippen LogP contribution in [0.3, 0.4) is 0 Å². The standard InChI is InChI=1S/C10H17NOS/c1-7(2)10-11-9(6-13-10)5-4-8(3)12/h6-8,12H,4-5H2,1-3H3/t8-/m0/s1. The fraction of sp³-hybridized carbons (Fsp3) is 0.700. The first kappa shape index (κ1) is 10.7. The van der Waals surface area contributed by atoms with Crippen LogP contribution in [0.25, 0.3) is 0 Å². The fourth-order valence-corrected chi connectivity index (χ4v) is 1.93. The molecule has 3 heteroatoms. The summed E-state index contributed by atoms with van der Waals surface area (Å²) in [7, 11) is 0. The quantitative estimate of drug-likeness (QED) is 0.808. The fourth-order valence-electron chi connectivity index (χ4n) is 1.06. The van der Waals surface area contributed by atoms with Crippen molar-refractivity contribution in [2.24, 2.45) is 0 Å². The molecule has 0 spiro atoms. The number of aliphatic hydroxyl groups excluding tert-OH is 1. The molecule has 13 heavy (non-hydrogen) atoms. The summed E-state index contributed by atoms with van der Waals surface area (Å²) in [5, 5.41) is 12.4. The summed E-state index contributed by atoms with van der Waals surface area (Å²) in [5.41, 5.74) is 1.12. The normalized spacial score (nSPS) is 13.6. The second-order valence-corrected chi connectivity index (χ2v) is 4.61. The van der Waals surface area contributed by atoms with Crippen LogP contribution < -0.4 is 0 Å². The maximum absolute atomic E-state index is 9.11. The van der Waals surface area contributed by atoms with Gasteiger partial charge < -0.3 is 5.11 Å². The Morgan fingerprint density at radius 1 is 1.46 bits per heavy atom. The number of hydrogen-bond donors (Lipinski definition) is 1. The number of aryl methyl sites for hydroxylation is 1. The highest BCUT2D eigenvalue weighted by Crippen LogP contribution is 2.19. The van der Waals surface area contributed by atoms with Crippen LogP contribution in [0.2, 0.25) is 0 Å². The van der Waals surface area contributed by atoms with Crippen LogP contribution in [-0.2, 0) is 6.42 Å². The van der Waals surface area contributed by atoms with E-state index in [1.54, 1.807) is 11.3 Å². The van der Waals surface area contributed by atoms with Gasteiger partial charge in [-0.15, -0.1) is 11.3 Å². The Kier molecular flexibility index (Phi) is 3.88. The van der Waals surface area contributed by atoms with E-state index in [1.165, 1.54) is 5.01 Å². The molecule has 74 valence electrons. The Morgan fingerprint density at radius 3 is 2.62 bits per heavy atom. The Balaban J connectivity index is 2.49. The number of aromatic nitrogens is 1. The first-order valence-corrected chi connectivity index (χ1v) is 5.60. The van der Waals surface area contributed by atoms with Gasteiger partial charge in [0.25, 0.3) is 0 Å². The van der Waals surface area contributed by atoms with Gasteiger partial charge in [0, 0.05) is 11.3 Å². The van der Waals surface area contributed by atoms with Gasteiger partial charge >= 0.3 is 0 Å². The lowest BCUT2D eigenvalue weighted by Gasteiger charge is -2.00. The molecule has 0 unspecified atom stereocenters. The van der Waals surface area contributed by atoms with E-state index >= 15 is 0 Å². The van der Waals surface area contributed by atoms with Crippen molar-refractivity contribution in [2.75, 3.05) is 0 Å². The zero-order valence-corrected chi connectivity index (χ0v) is 9.27. The summed E-state index contributed by atoms with van der Waals surface area (Å²) < 4.78 is 0. The van der Waals surface area contributed by atoms with Crippen molar-refractivity contribution in [1.29, 1.82) is 0 Å². The van der Waals surface area contributed by atoms with E-state index in [0.29, 0.717) is 5.92 Å². The molecule has 1 heterocycles. The van der Waals surface area contributed by atoms with Crippen LogP contribution in [0.1, 0.15) is 43.8 Å². The van der Waals surface area contributed by atoms with Crippen LogP contribution in [0.4, 0.5) is 0 Å². The summed E-state index contributed by atoms with van der Waals surface area (Å²) in [4.78, 5) is 4.49. The molecule has 0 fully saturated rings. The first-order chi connectivity index (χ1) is 6.09. The Hall–Kier alpha value is -0.410. The third-order valence-electron chi connectivity index (χ3n) is 1.88. The monoisotopic (exact) mass is 199 g/mol. The van der Waals surface area contributed by atoms with Crippen LogP contribution in [0, 0.1) is 0 Å². The highest BCUT2D eigenvalue weighted by Gasteiger charge is 2.06. The molecule has 1 atom stereocenters. The molecule has 0 bridgehead atoms. The van der Waals surface area contributed by atoms with Crippen molar-refractivity contribution in [3.63, 3.8) is 0 Å². The maximum Gasteiger partial charge on any atom is 0.0953 e. The van der Waals surface area contributed by atoms with Gasteiger partial charge in [-0.05, 0) is 19.8 Å². The highest BCUT2D eigenvalue weighted by molar-refractivity contribution is 7.09. The molecule has 0 saturated heterocycles. The Morgan fingerprint density at radius 2 is 2.15 bits per heavy atom. The van der Waals surface area contributed by atoms with Gasteiger partial charge in [-0.1, -0.05) is 13.8 Å². The third kappa shape index (κ3) is 3.44. The molecule has 1 N–H and O–H groups in total. The van der Waals surface area contributed by atoms with Crippen molar-refractivity contribution in [3.05, 3.63) is 16.1 Å². The minimum Gasteiger partial charge on any atom is -0.393 e. The van der Waals surface area contributed by atoms with Crippen LogP contribution in [0.15, 0.2) is 5.38 Å². The van der Waals surface area contributed by atoms with Crippen LogP contribution in [0.5, 0.6) is 0 Å². The van der Waals surface area contributed by atoms with E-state index in [0.717, 1.165) is 18.5 Å². The number of hydrogen-bond acceptors (Lipinski definition) is 3. The lowest BCUT2D eigenvalue weighted by Crippen LogP contribution is -2.01. The minimum absolute atomic E-state index is 0.218. The van der Waals surface area contributed by atoms with Crippen molar-refractivity contribution in [2.45, 2.75) is 45.6 Å². The number of nitrogens with zero attached hydrogens (tertiary/aromatic N) is 1. The van der Waals surface area contributed by atoms with Crippen molar-refractivity contribution < 1.29 is 5.11 Å². The lowest BCUT2D eigenvalue weighted by atomic mass is 10.2. The van der Waals surface area contributed by atoms with E-state index in [-0.39, 0.29) is 6.10 Å². The van der Waals surface area contributed by atoms with Crippen LogP contribution >= 0.6 is 11.3 Å². The third-order valence-corrected chi connectivity index (χ3v) is 3.08. The van der Waals surface area contributed by atoms with Gasteiger partial charge in [-0.25, -0.2) is 4.98 Å². The Labute approximate surface area is 83.6 Å². The van der Waals surface area contributed by atoms with E-state index < -0.39 is 0 Å². The average molecular weight is 199 g/mol. The molecule has 1 aromatic rings. The lowest BCUT2D eigenvalue weighted by molar-refractivity contribution is 0.184. The smallest absolute Gasteiger partial charge is 0.0953 e. The zero-order chi connectivity index (χ0) is 9.84.